The molecular weight excluding hydrogens is 863 g/mol. The van der Waals surface area contributed by atoms with Crippen molar-refractivity contribution in [3.05, 3.63) is 83.3 Å². The molecule has 0 spiro atoms. The number of aromatic nitrogens is 4. The number of nitrogens with zero attached hydrogens (tertiary/aromatic N) is 7. The zero-order valence-electron chi connectivity index (χ0n) is 37.8. The van der Waals surface area contributed by atoms with Crippen molar-refractivity contribution in [3.8, 4) is 22.6 Å². The van der Waals surface area contributed by atoms with Gasteiger partial charge in [0.05, 0.1) is 43.9 Å². The molecule has 2 amide bonds. The predicted octanol–water partition coefficient (Wildman–Crippen LogP) is 7.72. The maximum Gasteiger partial charge on any atom is 0.234 e. The van der Waals surface area contributed by atoms with Crippen LogP contribution in [0.3, 0.4) is 0 Å². The maximum atomic E-state index is 13.4. The number of carbonyl (C=O) groups is 2. The second kappa shape index (κ2) is 18.7. The van der Waals surface area contributed by atoms with E-state index in [0.29, 0.717) is 58.7 Å². The third kappa shape index (κ3) is 9.97. The molecule has 17 heteroatoms. The first-order valence-corrected chi connectivity index (χ1v) is 25.5. The SMILES string of the molecule is COc1cc(N2CCC(CN3CCN(c4ccc(C5CCC(=O)NC5=O)c(OC)c4)CC3)CC2)c(-c2cnn(C)c2)cc1Nc1ncc(Cl)c(Nc2ccc(C3CC3)cc2P(C)(C)=O)n1. The van der Waals surface area contributed by atoms with Crippen LogP contribution in [0.15, 0.2) is 67.1 Å². The molecule has 1 unspecified atom stereocenters. The van der Waals surface area contributed by atoms with Crippen molar-refractivity contribution in [2.45, 2.75) is 50.4 Å². The van der Waals surface area contributed by atoms with E-state index in [2.05, 4.69) is 71.1 Å². The van der Waals surface area contributed by atoms with Crippen LogP contribution in [-0.4, -0.2) is 110 Å². The van der Waals surface area contributed by atoms with Gasteiger partial charge >= 0.3 is 0 Å². The molecule has 15 nitrogen and oxygen atoms in total. The van der Waals surface area contributed by atoms with Crippen molar-refractivity contribution in [2.24, 2.45) is 13.0 Å². The second-order valence-corrected chi connectivity index (χ2v) is 21.8. The molecule has 3 saturated heterocycles. The van der Waals surface area contributed by atoms with Crippen molar-refractivity contribution in [1.29, 1.82) is 0 Å². The lowest BCUT2D eigenvalue weighted by molar-refractivity contribution is -0.134. The number of hydrogen-bond acceptors (Lipinski definition) is 13. The fourth-order valence-electron chi connectivity index (χ4n) is 9.51. The fraction of sp³-hybridized carbons (Fsp3) is 0.438. The third-order valence-electron chi connectivity index (χ3n) is 13.3. The molecule has 65 heavy (non-hydrogen) atoms. The van der Waals surface area contributed by atoms with E-state index in [9.17, 15) is 14.2 Å². The number of nitrogens with one attached hydrogen (secondary N) is 3. The van der Waals surface area contributed by atoms with Crippen LogP contribution in [0.5, 0.6) is 11.5 Å². The number of methoxy groups -OCH3 is 2. The summed E-state index contributed by atoms with van der Waals surface area (Å²) in [5.41, 5.74) is 7.63. The summed E-state index contributed by atoms with van der Waals surface area (Å²) in [7, 11) is 2.61. The van der Waals surface area contributed by atoms with Crippen LogP contribution in [-0.2, 0) is 21.2 Å². The normalized spacial score (nSPS) is 18.7. The monoisotopic (exact) mass is 920 g/mol. The molecule has 5 aromatic rings. The molecule has 1 aliphatic carbocycles. The Kier molecular flexibility index (Phi) is 12.8. The molecule has 0 bridgehead atoms. The van der Waals surface area contributed by atoms with E-state index >= 15 is 0 Å². The number of anilines is 6. The smallest absolute Gasteiger partial charge is 0.234 e. The first-order chi connectivity index (χ1) is 31.3. The summed E-state index contributed by atoms with van der Waals surface area (Å²) in [6, 6.07) is 16.4. The van der Waals surface area contributed by atoms with Crippen molar-refractivity contribution in [1.82, 2.24) is 30.0 Å². The van der Waals surface area contributed by atoms with E-state index in [-0.39, 0.29) is 17.7 Å². The number of amides is 2. The summed E-state index contributed by atoms with van der Waals surface area (Å²) < 4.78 is 27.0. The zero-order valence-corrected chi connectivity index (χ0v) is 39.4. The van der Waals surface area contributed by atoms with E-state index in [1.54, 1.807) is 33.7 Å². The fourth-order valence-corrected chi connectivity index (χ4v) is 10.8. The Morgan fingerprint density at radius 3 is 2.29 bits per heavy atom. The number of piperidine rings is 2. The number of aryl methyl sites for hydroxylation is 1. The summed E-state index contributed by atoms with van der Waals surface area (Å²) >= 11 is 6.67. The molecule has 4 aliphatic rings. The number of imide groups is 1. The number of carbonyl (C=O) groups excluding carboxylic acids is 2. The Morgan fingerprint density at radius 1 is 0.846 bits per heavy atom. The van der Waals surface area contributed by atoms with Gasteiger partial charge in [0.25, 0.3) is 0 Å². The summed E-state index contributed by atoms with van der Waals surface area (Å²) in [5.74, 6) is 2.33. The van der Waals surface area contributed by atoms with E-state index in [1.165, 1.54) is 5.56 Å². The predicted molar refractivity (Wildman–Crippen MR) is 258 cm³/mol. The van der Waals surface area contributed by atoms with Crippen LogP contribution in [0.25, 0.3) is 11.1 Å². The Hall–Kier alpha value is -5.63. The van der Waals surface area contributed by atoms with Crippen molar-refractivity contribution < 1.29 is 23.6 Å². The standard InChI is InChI=1S/C48H58ClN10O5P/c1-56-29-33(26-51-56)37-24-40(53-48-50-27-38(49)46(55-48)52-39-12-8-32(31-6-7-31)22-44(39)65(4,5)62)43(64-3)25-41(37)59-16-14-30(15-17-59)28-57-18-20-58(21-19-57)34-9-10-35(42(23-34)63-2)36-11-13-45(60)54-47(36)61/h8-10,12,22-27,29-31,36H,6-7,11,13-21,28H2,1-5H3,(H,54,60,61)(H2,50,52,53,55). The zero-order chi connectivity index (χ0) is 45.4. The number of ether oxygens (including phenoxy) is 2. The van der Waals surface area contributed by atoms with Gasteiger partial charge in [-0.15, -0.1) is 0 Å². The number of benzene rings is 3. The van der Waals surface area contributed by atoms with Crippen molar-refractivity contribution in [2.75, 3.05) is 93.8 Å². The molecule has 2 aromatic heterocycles. The molecule has 1 saturated carbocycles. The largest absolute Gasteiger partial charge is 0.496 e. The van der Waals surface area contributed by atoms with Gasteiger partial charge in [0.2, 0.25) is 17.8 Å². The van der Waals surface area contributed by atoms with Crippen LogP contribution in [0.4, 0.5) is 34.5 Å². The Morgan fingerprint density at radius 2 is 1.62 bits per heavy atom. The molecule has 0 radical (unpaired) electrons. The van der Waals surface area contributed by atoms with Crippen LogP contribution in [0, 0.1) is 5.92 Å². The molecule has 3 N–H and O–H groups in total. The minimum atomic E-state index is -2.62. The quantitative estimate of drug-likeness (QED) is 0.0735. The molecular formula is C48H58ClN10O5P. The Balaban J connectivity index is 0.858. The highest BCUT2D eigenvalue weighted by Gasteiger charge is 2.32. The lowest BCUT2D eigenvalue weighted by atomic mass is 9.89. The highest BCUT2D eigenvalue weighted by Crippen LogP contribution is 2.45. The molecule has 9 rings (SSSR count). The van der Waals surface area contributed by atoms with Gasteiger partial charge in [-0.25, -0.2) is 4.98 Å². The number of halogens is 1. The van der Waals surface area contributed by atoms with Crippen LogP contribution in [0.2, 0.25) is 5.02 Å². The average molecular weight is 921 g/mol. The van der Waals surface area contributed by atoms with Gasteiger partial charge in [0.15, 0.2) is 5.82 Å². The first-order valence-electron chi connectivity index (χ1n) is 22.5. The highest BCUT2D eigenvalue weighted by atomic mass is 35.5. The van der Waals surface area contributed by atoms with Gasteiger partial charge in [0.1, 0.15) is 23.7 Å². The highest BCUT2D eigenvalue weighted by molar-refractivity contribution is 7.70. The number of hydrogen-bond donors (Lipinski definition) is 3. The van der Waals surface area contributed by atoms with Crippen LogP contribution in [0.1, 0.15) is 61.5 Å². The average Bonchev–Trinajstić information content (AvgIpc) is 4.06. The van der Waals surface area contributed by atoms with Gasteiger partial charge < -0.3 is 34.5 Å². The molecule has 3 aromatic carbocycles. The lowest BCUT2D eigenvalue weighted by Crippen LogP contribution is -2.49. The van der Waals surface area contributed by atoms with Gasteiger partial charge in [-0.1, -0.05) is 23.7 Å². The van der Waals surface area contributed by atoms with Crippen LogP contribution < -0.4 is 40.5 Å². The Bertz CT molecular complexity index is 2630. The Labute approximate surface area is 385 Å². The van der Waals surface area contributed by atoms with E-state index < -0.39 is 7.14 Å². The van der Waals surface area contributed by atoms with Crippen molar-refractivity contribution in [3.63, 3.8) is 0 Å². The third-order valence-corrected chi connectivity index (χ3v) is 15.1. The maximum absolute atomic E-state index is 13.4. The van der Waals surface area contributed by atoms with Gasteiger partial charge in [0, 0.05) is 111 Å². The summed E-state index contributed by atoms with van der Waals surface area (Å²) in [6.45, 7) is 10.2. The van der Waals surface area contributed by atoms with Crippen LogP contribution >= 0.6 is 18.7 Å². The minimum absolute atomic E-state index is 0.219. The summed E-state index contributed by atoms with van der Waals surface area (Å²) in [4.78, 5) is 41.1. The molecule has 4 fully saturated rings. The topological polar surface area (TPSA) is 159 Å². The summed E-state index contributed by atoms with van der Waals surface area (Å²) in [6.07, 6.45) is 10.8. The second-order valence-electron chi connectivity index (χ2n) is 18.2. The minimum Gasteiger partial charge on any atom is -0.496 e. The van der Waals surface area contributed by atoms with Gasteiger partial charge in [-0.2, -0.15) is 10.1 Å². The molecule has 342 valence electrons. The number of piperazine rings is 1. The number of rotatable bonds is 14. The van der Waals surface area contributed by atoms with E-state index in [0.717, 1.165) is 111 Å². The van der Waals surface area contributed by atoms with Crippen molar-refractivity contribution >= 4 is 70.4 Å². The molecule has 1 atom stereocenters. The van der Waals surface area contributed by atoms with E-state index in [4.69, 9.17) is 26.1 Å². The van der Waals surface area contributed by atoms with Gasteiger partial charge in [-0.3, -0.25) is 24.5 Å². The molecule has 5 heterocycles. The first kappa shape index (κ1) is 44.6. The lowest BCUT2D eigenvalue weighted by Gasteiger charge is -2.40. The van der Waals surface area contributed by atoms with Gasteiger partial charge in [-0.05, 0) is 87.1 Å². The summed E-state index contributed by atoms with van der Waals surface area (Å²) in [5, 5.41) is 14.9. The van der Waals surface area contributed by atoms with E-state index in [1.807, 2.05) is 42.3 Å². The molecule has 3 aliphatic heterocycles.